The molecule has 0 bridgehead atoms. The van der Waals surface area contributed by atoms with Crippen LogP contribution in [0.4, 0.5) is 5.69 Å². The van der Waals surface area contributed by atoms with Gasteiger partial charge in [0.05, 0.1) is 18.5 Å². The van der Waals surface area contributed by atoms with Crippen LogP contribution in [0.25, 0.3) is 0 Å². The van der Waals surface area contributed by atoms with Gasteiger partial charge in [-0.05, 0) is 19.1 Å². The summed E-state index contributed by atoms with van der Waals surface area (Å²) in [6.45, 7) is 2.88. The second-order valence-electron chi connectivity index (χ2n) is 4.01. The summed E-state index contributed by atoms with van der Waals surface area (Å²) in [5.41, 5.74) is 6.43. The van der Waals surface area contributed by atoms with Crippen LogP contribution in [0.15, 0.2) is 29.0 Å². The van der Waals surface area contributed by atoms with Crippen molar-refractivity contribution in [3.63, 3.8) is 0 Å². The third kappa shape index (κ3) is 2.37. The van der Waals surface area contributed by atoms with E-state index >= 15 is 0 Å². The first-order valence-corrected chi connectivity index (χ1v) is 5.72. The molecule has 2 heterocycles. The zero-order valence-corrected chi connectivity index (χ0v) is 10.5. The normalized spacial score (nSPS) is 10.6. The third-order valence-corrected chi connectivity index (χ3v) is 2.66. The number of carbonyl (C=O) groups is 1. The van der Waals surface area contributed by atoms with Crippen molar-refractivity contribution in [1.29, 1.82) is 0 Å². The Bertz CT molecular complexity index is 530. The zero-order valence-electron chi connectivity index (χ0n) is 10.5. The highest BCUT2D eigenvalue weighted by Gasteiger charge is 2.20. The van der Waals surface area contributed by atoms with Crippen LogP contribution in [0, 0.1) is 0 Å². The fourth-order valence-electron chi connectivity index (χ4n) is 1.74. The van der Waals surface area contributed by atoms with Gasteiger partial charge in [-0.1, -0.05) is 0 Å². The predicted octanol–water partition coefficient (Wildman–Crippen LogP) is 1.26. The molecule has 0 atom stereocenters. The van der Waals surface area contributed by atoms with Gasteiger partial charge in [0, 0.05) is 19.8 Å². The average Bonchev–Trinajstić information content (AvgIpc) is 2.95. The molecule has 6 nitrogen and oxygen atoms in total. The van der Waals surface area contributed by atoms with Crippen LogP contribution in [0.3, 0.4) is 0 Å². The second-order valence-corrected chi connectivity index (χ2v) is 4.01. The summed E-state index contributed by atoms with van der Waals surface area (Å²) in [5.74, 6) is 0.548. The van der Waals surface area contributed by atoms with E-state index in [2.05, 4.69) is 5.10 Å². The van der Waals surface area contributed by atoms with Crippen molar-refractivity contribution < 1.29 is 9.21 Å². The molecule has 6 heteroatoms. The largest absolute Gasteiger partial charge is 0.467 e. The summed E-state index contributed by atoms with van der Waals surface area (Å²) < 4.78 is 6.77. The number of aromatic nitrogens is 2. The lowest BCUT2D eigenvalue weighted by Crippen LogP contribution is -2.31. The van der Waals surface area contributed by atoms with Gasteiger partial charge in [0.1, 0.15) is 5.76 Å². The van der Waals surface area contributed by atoms with Gasteiger partial charge >= 0.3 is 0 Å². The van der Waals surface area contributed by atoms with Crippen LogP contribution in [-0.2, 0) is 13.6 Å². The number of hydrogen-bond donors (Lipinski definition) is 1. The molecule has 1 amide bonds. The van der Waals surface area contributed by atoms with Gasteiger partial charge in [-0.2, -0.15) is 5.10 Å². The number of amides is 1. The van der Waals surface area contributed by atoms with E-state index in [1.807, 2.05) is 13.0 Å². The molecule has 2 aromatic heterocycles. The number of hydrogen-bond acceptors (Lipinski definition) is 4. The molecule has 18 heavy (non-hydrogen) atoms. The minimum atomic E-state index is -0.188. The number of aryl methyl sites for hydroxylation is 1. The van der Waals surface area contributed by atoms with E-state index in [1.54, 1.807) is 30.5 Å². The van der Waals surface area contributed by atoms with Crippen molar-refractivity contribution in [2.24, 2.45) is 7.05 Å². The van der Waals surface area contributed by atoms with Crippen molar-refractivity contribution in [2.75, 3.05) is 12.3 Å². The number of anilines is 1. The van der Waals surface area contributed by atoms with Gasteiger partial charge in [-0.15, -0.1) is 0 Å². The quantitative estimate of drug-likeness (QED) is 0.883. The van der Waals surface area contributed by atoms with E-state index in [1.165, 1.54) is 4.68 Å². The molecule has 0 aliphatic carbocycles. The van der Waals surface area contributed by atoms with Gasteiger partial charge in [0.15, 0.2) is 5.69 Å². The van der Waals surface area contributed by atoms with Crippen LogP contribution in [0.1, 0.15) is 23.2 Å². The molecule has 0 unspecified atom stereocenters. The Morgan fingerprint density at radius 2 is 2.39 bits per heavy atom. The highest BCUT2D eigenvalue weighted by molar-refractivity contribution is 5.96. The molecular formula is C12H16N4O2. The van der Waals surface area contributed by atoms with E-state index < -0.39 is 0 Å². The average molecular weight is 248 g/mol. The van der Waals surface area contributed by atoms with Crippen LogP contribution >= 0.6 is 0 Å². The number of nitrogens with zero attached hydrogens (tertiary/aromatic N) is 3. The Hall–Kier alpha value is -2.24. The van der Waals surface area contributed by atoms with Gasteiger partial charge in [-0.25, -0.2) is 0 Å². The molecule has 0 saturated carbocycles. The Balaban J connectivity index is 2.17. The smallest absolute Gasteiger partial charge is 0.276 e. The molecule has 2 N–H and O–H groups in total. The van der Waals surface area contributed by atoms with Gasteiger partial charge in [0.25, 0.3) is 5.91 Å². The maximum Gasteiger partial charge on any atom is 0.276 e. The lowest BCUT2D eigenvalue weighted by Gasteiger charge is -2.18. The number of carbonyl (C=O) groups excluding carboxylic acids is 1. The van der Waals surface area contributed by atoms with Crippen molar-refractivity contribution in [2.45, 2.75) is 13.5 Å². The molecule has 0 spiro atoms. The first-order valence-electron chi connectivity index (χ1n) is 5.72. The second kappa shape index (κ2) is 4.95. The highest BCUT2D eigenvalue weighted by Crippen LogP contribution is 2.14. The lowest BCUT2D eigenvalue weighted by atomic mass is 10.3. The monoisotopic (exact) mass is 248 g/mol. The standard InChI is InChI=1S/C12H16N4O2/c1-3-16(7-9-5-4-6-18-9)12(17)11-10(13)8-15(2)14-11/h4-6,8H,3,7,13H2,1-2H3. The van der Waals surface area contributed by atoms with Crippen molar-refractivity contribution >= 4 is 11.6 Å². The molecular weight excluding hydrogens is 232 g/mol. The summed E-state index contributed by atoms with van der Waals surface area (Å²) in [5, 5.41) is 4.08. The zero-order chi connectivity index (χ0) is 13.1. The summed E-state index contributed by atoms with van der Waals surface area (Å²) in [6.07, 6.45) is 3.21. The van der Waals surface area contributed by atoms with E-state index in [0.29, 0.717) is 18.8 Å². The first kappa shape index (κ1) is 12.2. The molecule has 2 rings (SSSR count). The van der Waals surface area contributed by atoms with Crippen LogP contribution < -0.4 is 5.73 Å². The van der Waals surface area contributed by atoms with Crippen molar-refractivity contribution in [3.8, 4) is 0 Å². The summed E-state index contributed by atoms with van der Waals surface area (Å²) in [6, 6.07) is 3.63. The molecule has 0 aliphatic heterocycles. The maximum atomic E-state index is 12.3. The number of nitrogens with two attached hydrogens (primary N) is 1. The summed E-state index contributed by atoms with van der Waals surface area (Å²) in [4.78, 5) is 13.9. The number of furan rings is 1. The van der Waals surface area contributed by atoms with E-state index in [4.69, 9.17) is 10.2 Å². The Morgan fingerprint density at radius 3 is 2.89 bits per heavy atom. The van der Waals surface area contributed by atoms with Crippen LogP contribution in [0.2, 0.25) is 0 Å². The third-order valence-electron chi connectivity index (χ3n) is 2.66. The maximum absolute atomic E-state index is 12.3. The first-order chi connectivity index (χ1) is 8.61. The number of nitrogen functional groups attached to an aromatic ring is 1. The van der Waals surface area contributed by atoms with Crippen molar-refractivity contribution in [3.05, 3.63) is 36.0 Å². The molecule has 0 fully saturated rings. The minimum Gasteiger partial charge on any atom is -0.467 e. The van der Waals surface area contributed by atoms with Gasteiger partial charge in [-0.3, -0.25) is 9.48 Å². The van der Waals surface area contributed by atoms with E-state index in [9.17, 15) is 4.79 Å². The summed E-state index contributed by atoms with van der Waals surface area (Å²) in [7, 11) is 1.73. The molecule has 0 radical (unpaired) electrons. The summed E-state index contributed by atoms with van der Waals surface area (Å²) >= 11 is 0. The Labute approximate surface area is 105 Å². The van der Waals surface area contributed by atoms with Gasteiger partial charge in [0.2, 0.25) is 0 Å². The van der Waals surface area contributed by atoms with E-state index in [0.717, 1.165) is 5.76 Å². The van der Waals surface area contributed by atoms with E-state index in [-0.39, 0.29) is 11.6 Å². The fraction of sp³-hybridized carbons (Fsp3) is 0.333. The van der Waals surface area contributed by atoms with Crippen LogP contribution in [0.5, 0.6) is 0 Å². The number of rotatable bonds is 4. The minimum absolute atomic E-state index is 0.188. The topological polar surface area (TPSA) is 77.3 Å². The SMILES string of the molecule is CCN(Cc1ccco1)C(=O)c1nn(C)cc1N. The lowest BCUT2D eigenvalue weighted by molar-refractivity contribution is 0.0735. The van der Waals surface area contributed by atoms with Crippen molar-refractivity contribution in [1.82, 2.24) is 14.7 Å². The highest BCUT2D eigenvalue weighted by atomic mass is 16.3. The fourth-order valence-corrected chi connectivity index (χ4v) is 1.74. The predicted molar refractivity (Wildman–Crippen MR) is 66.7 cm³/mol. The molecule has 0 aromatic carbocycles. The molecule has 0 aliphatic rings. The van der Waals surface area contributed by atoms with Gasteiger partial charge < -0.3 is 15.1 Å². The molecule has 2 aromatic rings. The molecule has 0 saturated heterocycles. The molecule has 96 valence electrons. The van der Waals surface area contributed by atoms with Crippen LogP contribution in [-0.4, -0.2) is 27.1 Å². The Kier molecular flexibility index (Phi) is 3.36. The Morgan fingerprint density at radius 1 is 1.61 bits per heavy atom.